The first-order chi connectivity index (χ1) is 18.1. The second-order valence-corrected chi connectivity index (χ2v) is 9.50. The fourth-order valence-electron chi connectivity index (χ4n) is 4.60. The van der Waals surface area contributed by atoms with Gasteiger partial charge in [-0.3, -0.25) is 14.9 Å². The van der Waals surface area contributed by atoms with Crippen LogP contribution in [0.2, 0.25) is 0 Å². The molecule has 0 bridgehead atoms. The van der Waals surface area contributed by atoms with Crippen molar-refractivity contribution in [2.45, 2.75) is 44.7 Å². The number of carbonyl (C=O) groups excluding carboxylic acids is 2. The van der Waals surface area contributed by atoms with Crippen molar-refractivity contribution in [2.24, 2.45) is 5.73 Å². The predicted molar refractivity (Wildman–Crippen MR) is 140 cm³/mol. The lowest BCUT2D eigenvalue weighted by molar-refractivity contribution is -0.124. The van der Waals surface area contributed by atoms with Crippen LogP contribution in [0.3, 0.4) is 0 Å². The average molecular weight is 494 g/mol. The third kappa shape index (κ3) is 4.85. The van der Waals surface area contributed by atoms with Gasteiger partial charge in [-0.1, -0.05) is 42.5 Å². The van der Waals surface area contributed by atoms with Crippen LogP contribution in [0.1, 0.15) is 41.8 Å². The molecule has 37 heavy (non-hydrogen) atoms. The lowest BCUT2D eigenvalue weighted by Crippen LogP contribution is -2.19. The van der Waals surface area contributed by atoms with Gasteiger partial charge in [0.15, 0.2) is 5.65 Å². The number of aryl methyl sites for hydroxylation is 2. The molecule has 2 fully saturated rings. The minimum Gasteiger partial charge on any atom is -0.351 e. The summed E-state index contributed by atoms with van der Waals surface area (Å²) in [4.78, 5) is 33.4. The normalized spacial score (nSPS) is 16.5. The number of anilines is 1. The molecule has 3 heterocycles. The molecule has 1 aliphatic carbocycles. The van der Waals surface area contributed by atoms with Crippen molar-refractivity contribution in [1.82, 2.24) is 24.9 Å². The molecule has 2 aromatic heterocycles. The molecule has 2 aliphatic rings. The first-order valence-corrected chi connectivity index (χ1v) is 12.5. The number of hydrogen-bond acceptors (Lipinski definition) is 7. The van der Waals surface area contributed by atoms with E-state index in [0.29, 0.717) is 47.6 Å². The zero-order valence-electron chi connectivity index (χ0n) is 20.3. The summed E-state index contributed by atoms with van der Waals surface area (Å²) in [6.07, 6.45) is 6.98. The first-order valence-electron chi connectivity index (χ1n) is 12.5. The van der Waals surface area contributed by atoms with E-state index in [9.17, 15) is 9.59 Å². The fourth-order valence-corrected chi connectivity index (χ4v) is 4.60. The lowest BCUT2D eigenvalue weighted by Gasteiger charge is -2.12. The highest BCUT2D eigenvalue weighted by Gasteiger charge is 2.26. The Morgan fingerprint density at radius 1 is 1.08 bits per heavy atom. The quantitative estimate of drug-likeness (QED) is 0.254. The number of hydrogen-bond donors (Lipinski definition) is 3. The highest BCUT2D eigenvalue weighted by atomic mass is 16.2. The number of nitrogens with zero attached hydrogens (tertiary/aromatic N) is 4. The summed E-state index contributed by atoms with van der Waals surface area (Å²) < 4.78 is 1.68. The Kier molecular flexibility index (Phi) is 5.97. The third-order valence-corrected chi connectivity index (χ3v) is 6.69. The van der Waals surface area contributed by atoms with Crippen LogP contribution >= 0.6 is 0 Å². The maximum Gasteiger partial charge on any atom is 0.254 e. The number of aromatic nitrogens is 4. The van der Waals surface area contributed by atoms with Gasteiger partial charge in [0.1, 0.15) is 5.82 Å². The van der Waals surface area contributed by atoms with Gasteiger partial charge >= 0.3 is 0 Å². The minimum atomic E-state index is -0.370. The maximum absolute atomic E-state index is 12.1. The summed E-state index contributed by atoms with van der Waals surface area (Å²) in [5.74, 6) is 0.663. The van der Waals surface area contributed by atoms with Crippen LogP contribution in [0.5, 0.6) is 0 Å². The molecule has 0 unspecified atom stereocenters. The summed E-state index contributed by atoms with van der Waals surface area (Å²) in [5, 5.41) is 10.2. The molecule has 0 atom stereocenters. The highest BCUT2D eigenvalue weighted by Crippen LogP contribution is 2.28. The SMILES string of the molecule is NCc1cccc(-c2ccccc2CCc2nc(NC3CC3)n3ncc(/C=C4\CC(=O)NC4=O)c3n2)c1. The molecule has 1 saturated heterocycles. The molecular formula is C28H27N7O2. The Labute approximate surface area is 213 Å². The van der Waals surface area contributed by atoms with E-state index in [0.717, 1.165) is 30.4 Å². The molecule has 6 rings (SSSR count). The van der Waals surface area contributed by atoms with E-state index in [1.165, 1.54) is 11.1 Å². The molecule has 2 aromatic carbocycles. The fraction of sp³-hybridized carbons (Fsp3) is 0.250. The van der Waals surface area contributed by atoms with Crippen molar-refractivity contribution >= 4 is 29.5 Å². The first kappa shape index (κ1) is 23.1. The summed E-state index contributed by atoms with van der Waals surface area (Å²) in [6, 6.07) is 17.0. The van der Waals surface area contributed by atoms with Gasteiger partial charge in [-0.15, -0.1) is 0 Å². The van der Waals surface area contributed by atoms with E-state index in [1.807, 2.05) is 24.3 Å². The van der Waals surface area contributed by atoms with Crippen molar-refractivity contribution in [3.05, 3.63) is 82.8 Å². The highest BCUT2D eigenvalue weighted by molar-refractivity contribution is 6.15. The molecule has 1 aliphatic heterocycles. The summed E-state index contributed by atoms with van der Waals surface area (Å²) >= 11 is 0. The predicted octanol–water partition coefficient (Wildman–Crippen LogP) is 3.04. The lowest BCUT2D eigenvalue weighted by atomic mass is 9.95. The van der Waals surface area contributed by atoms with Gasteiger partial charge in [0.2, 0.25) is 11.9 Å². The molecule has 1 saturated carbocycles. The van der Waals surface area contributed by atoms with Crippen molar-refractivity contribution in [1.29, 1.82) is 0 Å². The number of benzene rings is 2. The van der Waals surface area contributed by atoms with Gasteiger partial charge in [-0.2, -0.15) is 14.6 Å². The van der Waals surface area contributed by atoms with Crippen LogP contribution in [0.4, 0.5) is 5.95 Å². The van der Waals surface area contributed by atoms with Crippen LogP contribution in [0, 0.1) is 0 Å². The number of carbonyl (C=O) groups is 2. The van der Waals surface area contributed by atoms with E-state index >= 15 is 0 Å². The Bertz CT molecular complexity index is 1550. The molecule has 0 radical (unpaired) electrons. The van der Waals surface area contributed by atoms with Crippen LogP contribution in [-0.2, 0) is 29.0 Å². The maximum atomic E-state index is 12.1. The second kappa shape index (κ2) is 9.59. The van der Waals surface area contributed by atoms with Gasteiger partial charge in [0.05, 0.1) is 12.6 Å². The molecule has 4 aromatic rings. The molecular weight excluding hydrogens is 466 g/mol. The number of nitrogens with one attached hydrogen (secondary N) is 2. The molecule has 9 heteroatoms. The van der Waals surface area contributed by atoms with Gasteiger partial charge in [0.25, 0.3) is 5.91 Å². The number of rotatable bonds is 8. The number of amides is 2. The summed E-state index contributed by atoms with van der Waals surface area (Å²) in [6.45, 7) is 0.500. The average Bonchev–Trinajstić information content (AvgIpc) is 3.55. The van der Waals surface area contributed by atoms with Crippen molar-refractivity contribution in [3.8, 4) is 11.1 Å². The van der Waals surface area contributed by atoms with Gasteiger partial charge in [-0.05, 0) is 53.7 Å². The standard InChI is InChI=1S/C28H27N7O2/c29-15-17-4-3-6-19(12-17)23-7-2-1-5-18(23)8-11-24-32-26-21(13-20-14-25(36)34-27(20)37)16-30-35(26)28(33-24)31-22-9-10-22/h1-7,12-13,16,22H,8-11,14-15,29H2,(H,31,32,33)(H,34,36,37)/b20-13+. The summed E-state index contributed by atoms with van der Waals surface area (Å²) in [7, 11) is 0. The second-order valence-electron chi connectivity index (χ2n) is 9.50. The monoisotopic (exact) mass is 493 g/mol. The van der Waals surface area contributed by atoms with Gasteiger partial charge < -0.3 is 11.1 Å². The van der Waals surface area contributed by atoms with E-state index in [4.69, 9.17) is 15.7 Å². The molecule has 4 N–H and O–H groups in total. The largest absolute Gasteiger partial charge is 0.351 e. The third-order valence-electron chi connectivity index (χ3n) is 6.69. The van der Waals surface area contributed by atoms with Crippen molar-refractivity contribution < 1.29 is 9.59 Å². The minimum absolute atomic E-state index is 0.0590. The number of imide groups is 1. The van der Waals surface area contributed by atoms with Crippen molar-refractivity contribution in [2.75, 3.05) is 5.32 Å². The molecule has 0 spiro atoms. The van der Waals surface area contributed by atoms with Crippen LogP contribution < -0.4 is 16.4 Å². The zero-order chi connectivity index (χ0) is 25.4. The molecule has 186 valence electrons. The van der Waals surface area contributed by atoms with Crippen LogP contribution in [0.15, 0.2) is 60.3 Å². The Morgan fingerprint density at radius 3 is 2.73 bits per heavy atom. The van der Waals surface area contributed by atoms with E-state index in [2.05, 4.69) is 40.0 Å². The Balaban J connectivity index is 1.33. The van der Waals surface area contributed by atoms with Gasteiger partial charge in [0, 0.05) is 30.1 Å². The topological polar surface area (TPSA) is 127 Å². The van der Waals surface area contributed by atoms with Crippen LogP contribution in [0.25, 0.3) is 22.9 Å². The molecule has 2 amide bonds. The Hall–Kier alpha value is -4.37. The van der Waals surface area contributed by atoms with Crippen LogP contribution in [-0.4, -0.2) is 37.4 Å². The van der Waals surface area contributed by atoms with E-state index in [-0.39, 0.29) is 18.2 Å². The Morgan fingerprint density at radius 2 is 1.95 bits per heavy atom. The van der Waals surface area contributed by atoms with Gasteiger partial charge in [-0.25, -0.2) is 4.98 Å². The summed E-state index contributed by atoms with van der Waals surface area (Å²) in [5.41, 5.74) is 12.2. The number of fused-ring (bicyclic) bond motifs is 1. The smallest absolute Gasteiger partial charge is 0.254 e. The molecule has 9 nitrogen and oxygen atoms in total. The number of nitrogens with two attached hydrogens (primary N) is 1. The van der Waals surface area contributed by atoms with E-state index in [1.54, 1.807) is 16.8 Å². The van der Waals surface area contributed by atoms with Crippen molar-refractivity contribution in [3.63, 3.8) is 0 Å². The zero-order valence-corrected chi connectivity index (χ0v) is 20.3. The van der Waals surface area contributed by atoms with E-state index < -0.39 is 0 Å².